The van der Waals surface area contributed by atoms with Gasteiger partial charge in [-0.2, -0.15) is 0 Å². The molecule has 1 aromatic heterocycles. The summed E-state index contributed by atoms with van der Waals surface area (Å²) in [5, 5.41) is 0. The Hall–Kier alpha value is -4.91. The smallest absolute Gasteiger partial charge is 0.341 e. The summed E-state index contributed by atoms with van der Waals surface area (Å²) in [6, 6.07) is 28.9. The van der Waals surface area contributed by atoms with Gasteiger partial charge >= 0.3 is 5.97 Å². The van der Waals surface area contributed by atoms with Gasteiger partial charge in [0.1, 0.15) is 17.1 Å². The average molecular weight is 563 g/mol. The Morgan fingerprint density at radius 2 is 1.50 bits per heavy atom. The van der Waals surface area contributed by atoms with E-state index in [1.807, 2.05) is 78.9 Å². The lowest BCUT2D eigenvalue weighted by Crippen LogP contribution is -2.43. The lowest BCUT2D eigenvalue weighted by Gasteiger charge is -2.30. The number of methoxy groups -OCH3 is 2. The number of esters is 1. The maximum atomic E-state index is 14.1. The van der Waals surface area contributed by atoms with Crippen LogP contribution in [0.1, 0.15) is 34.3 Å². The summed E-state index contributed by atoms with van der Waals surface area (Å²) in [6.45, 7) is 0. The molecule has 0 saturated heterocycles. The fourth-order valence-electron chi connectivity index (χ4n) is 5.38. The molecule has 7 nitrogen and oxygen atoms in total. The minimum atomic E-state index is -1.27. The summed E-state index contributed by atoms with van der Waals surface area (Å²) in [6.07, 6.45) is 9.09. The average Bonchev–Trinajstić information content (AvgIpc) is 3.68. The number of hydrogen-bond donors (Lipinski definition) is 0. The fraction of sp³-hybridized carbons (Fsp3) is 0.229. The highest BCUT2D eigenvalue weighted by Gasteiger charge is 2.51. The molecule has 7 heteroatoms. The van der Waals surface area contributed by atoms with Crippen LogP contribution in [-0.2, 0) is 22.4 Å². The zero-order valence-corrected chi connectivity index (χ0v) is 23.8. The van der Waals surface area contributed by atoms with Gasteiger partial charge in [-0.05, 0) is 48.2 Å². The lowest BCUT2D eigenvalue weighted by molar-refractivity contribution is -0.140. The van der Waals surface area contributed by atoms with Crippen LogP contribution in [0.3, 0.4) is 0 Å². The third kappa shape index (κ3) is 6.20. The summed E-state index contributed by atoms with van der Waals surface area (Å²) in [5.41, 5.74) is 1.31. The summed E-state index contributed by atoms with van der Waals surface area (Å²) in [7, 11) is 3.11. The van der Waals surface area contributed by atoms with Crippen LogP contribution in [0.4, 0.5) is 0 Å². The molecule has 0 N–H and O–H groups in total. The molecule has 2 atom stereocenters. The highest BCUT2D eigenvalue weighted by Crippen LogP contribution is 2.40. The quantitative estimate of drug-likeness (QED) is 0.149. The Morgan fingerprint density at radius 3 is 2.12 bits per heavy atom. The number of rotatable bonds is 12. The van der Waals surface area contributed by atoms with E-state index in [0.29, 0.717) is 36.3 Å². The van der Waals surface area contributed by atoms with Gasteiger partial charge < -0.3 is 14.2 Å². The van der Waals surface area contributed by atoms with Gasteiger partial charge in [0.05, 0.1) is 14.2 Å². The van der Waals surface area contributed by atoms with Gasteiger partial charge in [-0.25, -0.2) is 9.79 Å². The molecule has 0 spiro atoms. The molecule has 3 aromatic carbocycles. The molecule has 0 saturated carbocycles. The third-order valence-electron chi connectivity index (χ3n) is 7.56. The predicted molar refractivity (Wildman–Crippen MR) is 162 cm³/mol. The van der Waals surface area contributed by atoms with Crippen LogP contribution < -0.4 is 9.47 Å². The molecular formula is C35H34N2O5. The van der Waals surface area contributed by atoms with Gasteiger partial charge in [0, 0.05) is 31.2 Å². The first-order chi connectivity index (χ1) is 20.5. The van der Waals surface area contributed by atoms with E-state index < -0.39 is 11.5 Å². The topological polar surface area (TPSA) is 79.1 Å². The number of aromatic nitrogens is 1. The van der Waals surface area contributed by atoms with Crippen molar-refractivity contribution in [1.82, 2.24) is 4.57 Å². The van der Waals surface area contributed by atoms with Crippen LogP contribution in [0.2, 0.25) is 0 Å². The third-order valence-corrected chi connectivity index (χ3v) is 7.56. The number of ether oxygens (including phenoxy) is 3. The van der Waals surface area contributed by atoms with Gasteiger partial charge in [0.15, 0.2) is 5.54 Å². The van der Waals surface area contributed by atoms with Gasteiger partial charge in [-0.3, -0.25) is 9.36 Å². The number of allylic oxidation sites excluding steroid dienone is 1. The molecule has 0 bridgehead atoms. The monoisotopic (exact) mass is 562 g/mol. The number of carbonyl (C=O) groups excluding carboxylic acids is 2. The van der Waals surface area contributed by atoms with Crippen LogP contribution in [0.25, 0.3) is 0 Å². The first-order valence-electron chi connectivity index (χ1n) is 14.0. The second-order valence-corrected chi connectivity index (χ2v) is 10.2. The SMILES string of the molecule is COc1cccc(OC)c1C1=N[C@](Cc2ccccc2)([C@H](/C=C/CC(=O)n2cccc2)CCc2ccccc2)C(=O)O1. The molecule has 5 rings (SSSR count). The van der Waals surface area contributed by atoms with Crippen molar-refractivity contribution in [3.8, 4) is 11.5 Å². The molecule has 42 heavy (non-hydrogen) atoms. The minimum absolute atomic E-state index is 0.0629. The van der Waals surface area contributed by atoms with Crippen molar-refractivity contribution in [3.05, 3.63) is 132 Å². The summed E-state index contributed by atoms with van der Waals surface area (Å²) >= 11 is 0. The summed E-state index contributed by atoms with van der Waals surface area (Å²) in [5.74, 6) is 0.254. The molecule has 1 aliphatic heterocycles. The van der Waals surface area contributed by atoms with E-state index in [4.69, 9.17) is 19.2 Å². The van der Waals surface area contributed by atoms with E-state index in [0.717, 1.165) is 11.1 Å². The molecule has 1 aliphatic rings. The largest absolute Gasteiger partial charge is 0.496 e. The number of nitrogens with zero attached hydrogens (tertiary/aromatic N) is 2. The number of aryl methyl sites for hydroxylation is 1. The van der Waals surface area contributed by atoms with Crippen molar-refractivity contribution in [2.24, 2.45) is 10.9 Å². The summed E-state index contributed by atoms with van der Waals surface area (Å²) < 4.78 is 18.8. The summed E-state index contributed by atoms with van der Waals surface area (Å²) in [4.78, 5) is 31.9. The molecule has 0 unspecified atom stereocenters. The number of hydrogen-bond acceptors (Lipinski definition) is 6. The van der Waals surface area contributed by atoms with E-state index in [2.05, 4.69) is 12.1 Å². The van der Waals surface area contributed by atoms with E-state index in [-0.39, 0.29) is 24.1 Å². The predicted octanol–water partition coefficient (Wildman–Crippen LogP) is 6.33. The molecular weight excluding hydrogens is 528 g/mol. The molecule has 0 amide bonds. The van der Waals surface area contributed by atoms with Gasteiger partial charge in [-0.1, -0.05) is 78.9 Å². The molecule has 214 valence electrons. The van der Waals surface area contributed by atoms with Crippen molar-refractivity contribution in [3.63, 3.8) is 0 Å². The maximum absolute atomic E-state index is 14.1. The normalized spacial score (nSPS) is 17.1. The van der Waals surface area contributed by atoms with Crippen LogP contribution in [-0.4, -0.2) is 42.1 Å². The zero-order chi connectivity index (χ0) is 29.4. The number of cyclic esters (lactones) is 1. The van der Waals surface area contributed by atoms with Crippen LogP contribution >= 0.6 is 0 Å². The van der Waals surface area contributed by atoms with Gasteiger partial charge in [0.2, 0.25) is 11.8 Å². The highest BCUT2D eigenvalue weighted by molar-refractivity contribution is 6.11. The Kier molecular flexibility index (Phi) is 8.97. The molecule has 0 aliphatic carbocycles. The van der Waals surface area contributed by atoms with Crippen LogP contribution in [0.15, 0.2) is 121 Å². The first kappa shape index (κ1) is 28.6. The van der Waals surface area contributed by atoms with E-state index in [9.17, 15) is 9.59 Å². The Morgan fingerprint density at radius 1 is 0.881 bits per heavy atom. The molecule has 0 radical (unpaired) electrons. The van der Waals surface area contributed by atoms with E-state index in [1.165, 1.54) is 0 Å². The minimum Gasteiger partial charge on any atom is -0.496 e. The second-order valence-electron chi connectivity index (χ2n) is 10.2. The van der Waals surface area contributed by atoms with Crippen molar-refractivity contribution < 1.29 is 23.8 Å². The number of aliphatic imine (C=N–C) groups is 1. The first-order valence-corrected chi connectivity index (χ1v) is 14.0. The molecule has 4 aromatic rings. The molecule has 0 fully saturated rings. The highest BCUT2D eigenvalue weighted by atomic mass is 16.6. The maximum Gasteiger partial charge on any atom is 0.341 e. The van der Waals surface area contributed by atoms with Crippen LogP contribution in [0.5, 0.6) is 11.5 Å². The van der Waals surface area contributed by atoms with Gasteiger partial charge in [0.25, 0.3) is 0 Å². The van der Waals surface area contributed by atoms with Crippen molar-refractivity contribution in [2.75, 3.05) is 14.2 Å². The lowest BCUT2D eigenvalue weighted by atomic mass is 9.76. The number of benzene rings is 3. The molecule has 2 heterocycles. The van der Waals surface area contributed by atoms with Crippen LogP contribution in [0, 0.1) is 5.92 Å². The van der Waals surface area contributed by atoms with E-state index in [1.54, 1.807) is 43.3 Å². The fourth-order valence-corrected chi connectivity index (χ4v) is 5.38. The Labute approximate surface area is 246 Å². The number of carbonyl (C=O) groups is 2. The zero-order valence-electron chi connectivity index (χ0n) is 23.8. The van der Waals surface area contributed by atoms with Crippen molar-refractivity contribution in [2.45, 2.75) is 31.2 Å². The Bertz CT molecular complexity index is 1540. The Balaban J connectivity index is 1.58. The van der Waals surface area contributed by atoms with Crippen molar-refractivity contribution in [1.29, 1.82) is 0 Å². The second kappa shape index (κ2) is 13.2. The van der Waals surface area contributed by atoms with Crippen molar-refractivity contribution >= 4 is 17.8 Å². The van der Waals surface area contributed by atoms with Gasteiger partial charge in [-0.15, -0.1) is 0 Å². The standard InChI is InChI=1S/C35H34N2O5/c1-40-29-18-12-19-30(41-2)32(29)33-36-35(34(39)42-33,25-27-15-7-4-8-16-27)28(22-21-26-13-5-3-6-14-26)17-11-20-31(38)37-23-9-10-24-37/h3-19,23-24,28H,20-22,25H2,1-2H3/b17-11+/t28-,35-/m1/s1. The van der Waals surface area contributed by atoms with E-state index >= 15 is 0 Å².